The highest BCUT2D eigenvalue weighted by atomic mass is 19.4. The van der Waals surface area contributed by atoms with E-state index in [0.29, 0.717) is 0 Å². The zero-order valence-corrected chi connectivity index (χ0v) is 9.55. The number of hydrogen-bond acceptors (Lipinski definition) is 1. The van der Waals surface area contributed by atoms with E-state index >= 15 is 0 Å². The summed E-state index contributed by atoms with van der Waals surface area (Å²) in [5.74, 6) is 0. The van der Waals surface area contributed by atoms with Gasteiger partial charge in [0.05, 0.1) is 0 Å². The van der Waals surface area contributed by atoms with Crippen molar-refractivity contribution in [1.82, 2.24) is 0 Å². The molecule has 4 heteroatoms. The molecule has 0 atom stereocenters. The van der Waals surface area contributed by atoms with Gasteiger partial charge < -0.3 is 4.74 Å². The monoisotopic (exact) mass is 234 g/mol. The van der Waals surface area contributed by atoms with Crippen molar-refractivity contribution in [3.05, 3.63) is 35.9 Å². The smallest absolute Gasteiger partial charge is 0.385 e. The maximum absolute atomic E-state index is 11.3. The van der Waals surface area contributed by atoms with Crippen LogP contribution in [0.25, 0.3) is 0 Å². The first-order valence-electron chi connectivity index (χ1n) is 5.03. The van der Waals surface area contributed by atoms with E-state index in [4.69, 9.17) is 0 Å². The van der Waals surface area contributed by atoms with Crippen molar-refractivity contribution in [3.8, 4) is 0 Å². The molecule has 0 fully saturated rings. The van der Waals surface area contributed by atoms with E-state index in [1.54, 1.807) is 0 Å². The number of halogens is 3. The number of rotatable bonds is 3. The van der Waals surface area contributed by atoms with Crippen LogP contribution in [0.2, 0.25) is 0 Å². The zero-order valence-electron chi connectivity index (χ0n) is 9.55. The third kappa shape index (κ3) is 11.0. The summed E-state index contributed by atoms with van der Waals surface area (Å²) < 4.78 is 38.4. The van der Waals surface area contributed by atoms with E-state index in [0.717, 1.165) is 0 Å². The highest BCUT2D eigenvalue weighted by molar-refractivity contribution is 5.11. The SMILES string of the molecule is COCCCC(F)(F)F.Cc1ccccc1. The number of ether oxygens (including phenoxy) is 1. The van der Waals surface area contributed by atoms with Crippen LogP contribution in [0, 0.1) is 6.92 Å². The van der Waals surface area contributed by atoms with Gasteiger partial charge in [0.2, 0.25) is 0 Å². The molecule has 0 heterocycles. The molecule has 0 N–H and O–H groups in total. The Kier molecular flexibility index (Phi) is 7.64. The lowest BCUT2D eigenvalue weighted by atomic mass is 10.2. The van der Waals surface area contributed by atoms with Gasteiger partial charge in [-0.15, -0.1) is 0 Å². The van der Waals surface area contributed by atoms with Gasteiger partial charge in [-0.25, -0.2) is 0 Å². The Labute approximate surface area is 94.2 Å². The molecule has 1 nitrogen and oxygen atoms in total. The fourth-order valence-corrected chi connectivity index (χ4v) is 0.951. The molecule has 0 unspecified atom stereocenters. The Hall–Kier alpha value is -1.03. The van der Waals surface area contributed by atoms with E-state index in [2.05, 4.69) is 23.8 Å². The Balaban J connectivity index is 0.000000288. The van der Waals surface area contributed by atoms with Crippen LogP contribution in [-0.2, 0) is 4.74 Å². The van der Waals surface area contributed by atoms with Crippen molar-refractivity contribution in [1.29, 1.82) is 0 Å². The molecule has 0 bridgehead atoms. The van der Waals surface area contributed by atoms with Gasteiger partial charge >= 0.3 is 6.18 Å². The van der Waals surface area contributed by atoms with Gasteiger partial charge in [-0.3, -0.25) is 0 Å². The first-order chi connectivity index (χ1) is 7.45. The number of alkyl halides is 3. The van der Waals surface area contributed by atoms with Crippen molar-refractivity contribution in [2.75, 3.05) is 13.7 Å². The predicted octanol–water partition coefficient (Wildman–Crippen LogP) is 3.97. The lowest BCUT2D eigenvalue weighted by Crippen LogP contribution is -2.07. The summed E-state index contributed by atoms with van der Waals surface area (Å²) in [6.07, 6.45) is -4.72. The van der Waals surface area contributed by atoms with Crippen molar-refractivity contribution in [2.24, 2.45) is 0 Å². The van der Waals surface area contributed by atoms with Crippen LogP contribution >= 0.6 is 0 Å². The summed E-state index contributed by atoms with van der Waals surface area (Å²) in [5, 5.41) is 0. The molecule has 0 aromatic heterocycles. The molecule has 1 aromatic rings. The fraction of sp³-hybridized carbons (Fsp3) is 0.500. The summed E-state index contributed by atoms with van der Waals surface area (Å²) >= 11 is 0. The molecule has 0 radical (unpaired) electrons. The minimum absolute atomic E-state index is 0.0556. The average molecular weight is 234 g/mol. The van der Waals surface area contributed by atoms with Crippen molar-refractivity contribution in [3.63, 3.8) is 0 Å². The molecular weight excluding hydrogens is 217 g/mol. The highest BCUT2D eigenvalue weighted by Crippen LogP contribution is 2.20. The van der Waals surface area contributed by atoms with Crippen LogP contribution in [0.3, 0.4) is 0 Å². The first kappa shape index (κ1) is 15.0. The number of methoxy groups -OCH3 is 1. The second kappa shape index (κ2) is 8.16. The molecule has 92 valence electrons. The quantitative estimate of drug-likeness (QED) is 0.719. The maximum atomic E-state index is 11.3. The average Bonchev–Trinajstić information content (AvgIpc) is 2.18. The topological polar surface area (TPSA) is 9.23 Å². The van der Waals surface area contributed by atoms with Gasteiger partial charge in [-0.05, 0) is 13.3 Å². The van der Waals surface area contributed by atoms with E-state index < -0.39 is 12.6 Å². The largest absolute Gasteiger partial charge is 0.389 e. The zero-order chi connectivity index (χ0) is 12.4. The van der Waals surface area contributed by atoms with Gasteiger partial charge in [0, 0.05) is 20.1 Å². The van der Waals surface area contributed by atoms with E-state index in [1.807, 2.05) is 18.2 Å². The van der Waals surface area contributed by atoms with Crippen LogP contribution in [0.1, 0.15) is 18.4 Å². The standard InChI is InChI=1S/C7H8.C5H9F3O/c1-7-5-3-2-4-6-7;1-9-4-2-3-5(6,7)8/h2-6H,1H3;2-4H2,1H3. The lowest BCUT2D eigenvalue weighted by Gasteiger charge is -2.03. The molecule has 0 saturated heterocycles. The number of hydrogen-bond donors (Lipinski definition) is 0. The van der Waals surface area contributed by atoms with Gasteiger partial charge in [0.25, 0.3) is 0 Å². The summed E-state index contributed by atoms with van der Waals surface area (Å²) in [4.78, 5) is 0. The predicted molar refractivity (Wildman–Crippen MR) is 58.3 cm³/mol. The summed E-state index contributed by atoms with van der Waals surface area (Å²) in [6.45, 7) is 2.26. The van der Waals surface area contributed by atoms with Gasteiger partial charge in [-0.1, -0.05) is 35.9 Å². The third-order valence-corrected chi connectivity index (χ3v) is 1.75. The van der Waals surface area contributed by atoms with Gasteiger partial charge in [0.1, 0.15) is 0 Å². The van der Waals surface area contributed by atoms with Crippen LogP contribution in [0.5, 0.6) is 0 Å². The maximum Gasteiger partial charge on any atom is 0.389 e. The van der Waals surface area contributed by atoms with Crippen LogP contribution in [0.4, 0.5) is 13.2 Å². The minimum atomic E-state index is -4.03. The molecule has 0 aliphatic carbocycles. The molecule has 0 aliphatic rings. The number of benzene rings is 1. The van der Waals surface area contributed by atoms with Crippen LogP contribution < -0.4 is 0 Å². The molecule has 0 aliphatic heterocycles. The normalized spacial score (nSPS) is 10.6. The summed E-state index contributed by atoms with van der Waals surface area (Å²) in [5.41, 5.74) is 1.32. The molecule has 0 spiro atoms. The van der Waals surface area contributed by atoms with Gasteiger partial charge in [0.15, 0.2) is 0 Å². The van der Waals surface area contributed by atoms with Crippen LogP contribution in [0.15, 0.2) is 30.3 Å². The summed E-state index contributed by atoms with van der Waals surface area (Å²) in [7, 11) is 1.39. The second-order valence-corrected chi connectivity index (χ2v) is 3.37. The van der Waals surface area contributed by atoms with Crippen molar-refractivity contribution in [2.45, 2.75) is 25.9 Å². The van der Waals surface area contributed by atoms with E-state index in [-0.39, 0.29) is 13.0 Å². The Bertz CT molecular complexity index is 257. The lowest BCUT2D eigenvalue weighted by molar-refractivity contribution is -0.137. The number of aryl methyl sites for hydroxylation is 1. The molecule has 16 heavy (non-hydrogen) atoms. The highest BCUT2D eigenvalue weighted by Gasteiger charge is 2.25. The van der Waals surface area contributed by atoms with E-state index in [9.17, 15) is 13.2 Å². The Morgan fingerprint density at radius 1 is 1.12 bits per heavy atom. The molecular formula is C12H17F3O. The minimum Gasteiger partial charge on any atom is -0.385 e. The third-order valence-electron chi connectivity index (χ3n) is 1.75. The summed E-state index contributed by atoms with van der Waals surface area (Å²) in [6, 6.07) is 10.3. The Morgan fingerprint density at radius 2 is 1.69 bits per heavy atom. The van der Waals surface area contributed by atoms with E-state index in [1.165, 1.54) is 12.7 Å². The van der Waals surface area contributed by atoms with Crippen molar-refractivity contribution >= 4 is 0 Å². The van der Waals surface area contributed by atoms with Crippen LogP contribution in [-0.4, -0.2) is 19.9 Å². The molecule has 0 amide bonds. The van der Waals surface area contributed by atoms with Gasteiger partial charge in [-0.2, -0.15) is 13.2 Å². The molecule has 0 saturated carbocycles. The second-order valence-electron chi connectivity index (χ2n) is 3.37. The molecule has 1 rings (SSSR count). The Morgan fingerprint density at radius 3 is 2.00 bits per heavy atom. The fourth-order valence-electron chi connectivity index (χ4n) is 0.951. The first-order valence-corrected chi connectivity index (χ1v) is 5.03. The molecule has 1 aromatic carbocycles. The van der Waals surface area contributed by atoms with Crippen molar-refractivity contribution < 1.29 is 17.9 Å².